The number of hydrogen-bond acceptors (Lipinski definition) is 3. The van der Waals surface area contributed by atoms with Crippen molar-refractivity contribution in [3.05, 3.63) is 89.8 Å². The van der Waals surface area contributed by atoms with Crippen molar-refractivity contribution in [2.45, 2.75) is 20.5 Å². The SMILES string of the molecule is C=C1C=CC(c2cccc(CO)c2)=CN1c1ccc(OCC)cc1C. The first-order valence-corrected chi connectivity index (χ1v) is 8.44. The van der Waals surface area contributed by atoms with E-state index in [1.165, 1.54) is 0 Å². The number of nitrogens with zero attached hydrogens (tertiary/aromatic N) is 1. The summed E-state index contributed by atoms with van der Waals surface area (Å²) in [6, 6.07) is 14.0. The van der Waals surface area contributed by atoms with Crippen LogP contribution in [-0.2, 0) is 6.61 Å². The number of anilines is 1. The summed E-state index contributed by atoms with van der Waals surface area (Å²) < 4.78 is 5.58. The highest BCUT2D eigenvalue weighted by molar-refractivity contribution is 5.81. The summed E-state index contributed by atoms with van der Waals surface area (Å²) in [6.45, 7) is 8.91. The molecule has 0 spiro atoms. The van der Waals surface area contributed by atoms with Gasteiger partial charge in [-0.05, 0) is 66.5 Å². The fourth-order valence-electron chi connectivity index (χ4n) is 2.93. The van der Waals surface area contributed by atoms with Gasteiger partial charge in [0.15, 0.2) is 0 Å². The minimum atomic E-state index is 0.0409. The molecule has 0 bridgehead atoms. The van der Waals surface area contributed by atoms with Crippen LogP contribution in [0.15, 0.2) is 73.1 Å². The van der Waals surface area contributed by atoms with Gasteiger partial charge in [-0.2, -0.15) is 0 Å². The second kappa shape index (κ2) is 7.41. The molecule has 25 heavy (non-hydrogen) atoms. The molecule has 1 aliphatic heterocycles. The number of hydrogen-bond donors (Lipinski definition) is 1. The number of aliphatic hydroxyl groups is 1. The molecule has 128 valence electrons. The van der Waals surface area contributed by atoms with E-state index >= 15 is 0 Å². The van der Waals surface area contributed by atoms with Gasteiger partial charge in [0, 0.05) is 17.6 Å². The number of allylic oxidation sites excluding steroid dienone is 3. The Balaban J connectivity index is 1.97. The monoisotopic (exact) mass is 333 g/mol. The Kier molecular flexibility index (Phi) is 5.05. The van der Waals surface area contributed by atoms with Crippen LogP contribution in [0.4, 0.5) is 5.69 Å². The molecular weight excluding hydrogens is 310 g/mol. The van der Waals surface area contributed by atoms with E-state index < -0.39 is 0 Å². The van der Waals surface area contributed by atoms with Crippen LogP contribution in [0.5, 0.6) is 5.75 Å². The zero-order valence-electron chi connectivity index (χ0n) is 14.7. The molecular formula is C22H23NO2. The maximum atomic E-state index is 9.36. The predicted molar refractivity (Wildman–Crippen MR) is 103 cm³/mol. The quantitative estimate of drug-likeness (QED) is 0.852. The lowest BCUT2D eigenvalue weighted by atomic mass is 10.0. The maximum absolute atomic E-state index is 9.36. The summed E-state index contributed by atoms with van der Waals surface area (Å²) in [5.41, 5.74) is 6.17. The molecule has 2 aromatic carbocycles. The third-order valence-corrected chi connectivity index (χ3v) is 4.21. The molecule has 0 aliphatic carbocycles. The molecule has 0 saturated heterocycles. The zero-order valence-corrected chi connectivity index (χ0v) is 14.7. The van der Waals surface area contributed by atoms with Crippen LogP contribution in [0, 0.1) is 6.92 Å². The molecule has 0 aromatic heterocycles. The van der Waals surface area contributed by atoms with Crippen LogP contribution in [0.25, 0.3) is 5.57 Å². The van der Waals surface area contributed by atoms with Crippen molar-refractivity contribution >= 4 is 11.3 Å². The van der Waals surface area contributed by atoms with Gasteiger partial charge in [-0.3, -0.25) is 0 Å². The third kappa shape index (κ3) is 3.67. The normalized spacial score (nSPS) is 13.8. The summed E-state index contributed by atoms with van der Waals surface area (Å²) in [7, 11) is 0. The van der Waals surface area contributed by atoms with Crippen molar-refractivity contribution in [2.75, 3.05) is 11.5 Å². The van der Waals surface area contributed by atoms with Gasteiger partial charge in [-0.1, -0.05) is 30.9 Å². The van der Waals surface area contributed by atoms with Gasteiger partial charge in [0.2, 0.25) is 0 Å². The van der Waals surface area contributed by atoms with Gasteiger partial charge >= 0.3 is 0 Å². The Hall–Kier alpha value is -2.78. The van der Waals surface area contributed by atoms with Crippen LogP contribution < -0.4 is 9.64 Å². The average molecular weight is 333 g/mol. The van der Waals surface area contributed by atoms with Gasteiger partial charge in [0.25, 0.3) is 0 Å². The highest BCUT2D eigenvalue weighted by Crippen LogP contribution is 2.32. The van der Waals surface area contributed by atoms with E-state index in [2.05, 4.69) is 36.7 Å². The molecule has 0 saturated carbocycles. The number of rotatable bonds is 5. The Morgan fingerprint density at radius 1 is 1.12 bits per heavy atom. The molecule has 3 heteroatoms. The zero-order chi connectivity index (χ0) is 17.8. The van der Waals surface area contributed by atoms with Crippen molar-refractivity contribution in [1.82, 2.24) is 0 Å². The Morgan fingerprint density at radius 2 is 1.96 bits per heavy atom. The fourth-order valence-corrected chi connectivity index (χ4v) is 2.93. The van der Waals surface area contributed by atoms with E-state index in [1.54, 1.807) is 0 Å². The lowest BCUT2D eigenvalue weighted by Gasteiger charge is -2.27. The molecule has 3 rings (SSSR count). The minimum Gasteiger partial charge on any atom is -0.494 e. The molecule has 1 N–H and O–H groups in total. The van der Waals surface area contributed by atoms with Crippen LogP contribution in [0.1, 0.15) is 23.6 Å². The number of benzene rings is 2. The topological polar surface area (TPSA) is 32.7 Å². The molecule has 0 amide bonds. The van der Waals surface area contributed by atoms with E-state index in [4.69, 9.17) is 4.74 Å². The van der Waals surface area contributed by atoms with E-state index in [0.717, 1.165) is 39.4 Å². The second-order valence-electron chi connectivity index (χ2n) is 6.02. The molecule has 3 nitrogen and oxygen atoms in total. The molecule has 1 aliphatic rings. The van der Waals surface area contributed by atoms with E-state index in [0.29, 0.717) is 6.61 Å². The van der Waals surface area contributed by atoms with Crippen LogP contribution in [0.2, 0.25) is 0 Å². The predicted octanol–water partition coefficient (Wildman–Crippen LogP) is 4.82. The Morgan fingerprint density at radius 3 is 2.68 bits per heavy atom. The largest absolute Gasteiger partial charge is 0.494 e. The Bertz CT molecular complexity index is 849. The van der Waals surface area contributed by atoms with E-state index in [9.17, 15) is 5.11 Å². The van der Waals surface area contributed by atoms with Gasteiger partial charge in [-0.25, -0.2) is 0 Å². The first-order chi connectivity index (χ1) is 12.1. The number of ether oxygens (including phenoxy) is 1. The first kappa shape index (κ1) is 17.1. The van der Waals surface area contributed by atoms with Gasteiger partial charge in [0.05, 0.1) is 13.2 Å². The highest BCUT2D eigenvalue weighted by atomic mass is 16.5. The molecule has 2 aromatic rings. The lowest BCUT2D eigenvalue weighted by molar-refractivity contribution is 0.282. The highest BCUT2D eigenvalue weighted by Gasteiger charge is 2.15. The summed E-state index contributed by atoms with van der Waals surface area (Å²) in [6.07, 6.45) is 6.15. The second-order valence-corrected chi connectivity index (χ2v) is 6.02. The van der Waals surface area contributed by atoms with Crippen molar-refractivity contribution < 1.29 is 9.84 Å². The lowest BCUT2D eigenvalue weighted by Crippen LogP contribution is -2.17. The van der Waals surface area contributed by atoms with Crippen LogP contribution >= 0.6 is 0 Å². The molecule has 0 unspecified atom stereocenters. The van der Waals surface area contributed by atoms with Gasteiger partial charge < -0.3 is 14.7 Å². The van der Waals surface area contributed by atoms with Crippen molar-refractivity contribution in [2.24, 2.45) is 0 Å². The summed E-state index contributed by atoms with van der Waals surface area (Å²) >= 11 is 0. The Labute approximate surface area is 149 Å². The molecule has 0 atom stereocenters. The minimum absolute atomic E-state index is 0.0409. The smallest absolute Gasteiger partial charge is 0.119 e. The summed E-state index contributed by atoms with van der Waals surface area (Å²) in [5.74, 6) is 0.877. The van der Waals surface area contributed by atoms with Crippen molar-refractivity contribution in [1.29, 1.82) is 0 Å². The van der Waals surface area contributed by atoms with E-state index in [1.807, 2.05) is 49.4 Å². The molecule has 0 fully saturated rings. The van der Waals surface area contributed by atoms with E-state index in [-0.39, 0.29) is 6.61 Å². The standard InChI is InChI=1S/C22H23NO2/c1-4-25-21-10-11-22(16(2)12-21)23-14-20(9-8-17(23)3)19-7-5-6-18(13-19)15-24/h5-14,24H,3-4,15H2,1-2H3. The molecule has 1 heterocycles. The number of aliphatic hydroxyl groups excluding tert-OH is 1. The average Bonchev–Trinajstić information content (AvgIpc) is 2.63. The van der Waals surface area contributed by atoms with Crippen molar-refractivity contribution in [3.8, 4) is 5.75 Å². The maximum Gasteiger partial charge on any atom is 0.119 e. The summed E-state index contributed by atoms with van der Waals surface area (Å²) in [4.78, 5) is 2.09. The number of aryl methyl sites for hydroxylation is 1. The summed E-state index contributed by atoms with van der Waals surface area (Å²) in [5, 5.41) is 9.36. The van der Waals surface area contributed by atoms with Crippen molar-refractivity contribution in [3.63, 3.8) is 0 Å². The van der Waals surface area contributed by atoms with Crippen LogP contribution in [-0.4, -0.2) is 11.7 Å². The van der Waals surface area contributed by atoms with Gasteiger partial charge in [-0.15, -0.1) is 0 Å². The third-order valence-electron chi connectivity index (χ3n) is 4.21. The molecule has 0 radical (unpaired) electrons. The van der Waals surface area contributed by atoms with Gasteiger partial charge in [0.1, 0.15) is 5.75 Å². The van der Waals surface area contributed by atoms with Crippen LogP contribution in [0.3, 0.4) is 0 Å². The first-order valence-electron chi connectivity index (χ1n) is 8.44. The fraction of sp³-hybridized carbons (Fsp3) is 0.182.